The van der Waals surface area contributed by atoms with Gasteiger partial charge in [-0.2, -0.15) is 4.79 Å². The molecule has 1 aliphatic heterocycles. The van der Waals surface area contributed by atoms with E-state index < -0.39 is 0 Å². The maximum Gasteiger partial charge on any atom is 0.328 e. The average molecular weight is 251 g/mol. The fourth-order valence-electron chi connectivity index (χ4n) is 2.10. The Hall–Kier alpha value is -1.62. The summed E-state index contributed by atoms with van der Waals surface area (Å²) < 4.78 is 16.0. The summed E-state index contributed by atoms with van der Waals surface area (Å²) in [7, 11) is 3.18. The van der Waals surface area contributed by atoms with Gasteiger partial charge in [0.15, 0.2) is 6.10 Å². The van der Waals surface area contributed by atoms with Gasteiger partial charge in [0.2, 0.25) is 0 Å². The predicted molar refractivity (Wildman–Crippen MR) is 65.0 cm³/mol. The third-order valence-corrected chi connectivity index (χ3v) is 3.07. The summed E-state index contributed by atoms with van der Waals surface area (Å²) in [4.78, 5) is 5.40. The van der Waals surface area contributed by atoms with E-state index >= 15 is 0 Å². The van der Waals surface area contributed by atoms with Crippen LogP contribution in [-0.2, 0) is 14.2 Å². The van der Waals surface area contributed by atoms with Crippen LogP contribution in [-0.4, -0.2) is 62.0 Å². The minimum Gasteiger partial charge on any atom is -0.494 e. The van der Waals surface area contributed by atoms with Gasteiger partial charge in [-0.15, -0.1) is 0 Å². The monoisotopic (exact) mass is 251 g/mol. The Labute approximate surface area is 106 Å². The van der Waals surface area contributed by atoms with Gasteiger partial charge in [0.05, 0.1) is 32.1 Å². The second kappa shape index (κ2) is 5.82. The van der Waals surface area contributed by atoms with E-state index in [1.54, 1.807) is 20.3 Å². The molecule has 0 amide bonds. The second-order valence-electron chi connectivity index (χ2n) is 4.05. The molecule has 1 heterocycles. The Morgan fingerprint density at radius 3 is 2.67 bits per heavy atom. The van der Waals surface area contributed by atoms with Crippen molar-refractivity contribution in [3.63, 3.8) is 0 Å². The van der Waals surface area contributed by atoms with Crippen molar-refractivity contribution in [2.24, 2.45) is 0 Å². The number of hydrogen-bond donors (Lipinski definition) is 0. The number of rotatable bonds is 3. The maximum atomic E-state index is 8.95. The van der Waals surface area contributed by atoms with E-state index in [0.717, 1.165) is 18.8 Å². The molecule has 0 spiro atoms. The lowest BCUT2D eigenvalue weighted by atomic mass is 10.0. The molecular formula is C12H17N3O3. The Balaban J connectivity index is 2.28. The first-order valence-electron chi connectivity index (χ1n) is 5.85. The molecule has 0 aromatic rings. The normalized spacial score (nSPS) is 24.2. The first-order valence-corrected chi connectivity index (χ1v) is 5.85. The SMILES string of the molecule is COC1=CC(=[N+]=[N-])C(OC)C=C1N1CCOCC1. The first-order chi connectivity index (χ1) is 8.80. The summed E-state index contributed by atoms with van der Waals surface area (Å²) in [5, 5.41) is 0. The molecule has 1 saturated heterocycles. The van der Waals surface area contributed by atoms with Crippen LogP contribution in [0.4, 0.5) is 0 Å². The van der Waals surface area contributed by atoms with Crippen LogP contribution in [0, 0.1) is 0 Å². The van der Waals surface area contributed by atoms with E-state index in [4.69, 9.17) is 19.7 Å². The molecule has 1 fully saturated rings. The van der Waals surface area contributed by atoms with Crippen LogP contribution in [0.25, 0.3) is 5.53 Å². The summed E-state index contributed by atoms with van der Waals surface area (Å²) in [6.45, 7) is 3.03. The van der Waals surface area contributed by atoms with Gasteiger partial charge in [-0.1, -0.05) is 0 Å². The van der Waals surface area contributed by atoms with Crippen LogP contribution >= 0.6 is 0 Å². The van der Waals surface area contributed by atoms with Gasteiger partial charge in [-0.05, 0) is 6.08 Å². The quantitative estimate of drug-likeness (QED) is 0.539. The fraction of sp³-hybridized carbons (Fsp3) is 0.583. The van der Waals surface area contributed by atoms with Crippen molar-refractivity contribution in [1.82, 2.24) is 4.90 Å². The average Bonchev–Trinajstić information content (AvgIpc) is 2.46. The number of methoxy groups -OCH3 is 2. The topological polar surface area (TPSA) is 67.3 Å². The van der Waals surface area contributed by atoms with Crippen molar-refractivity contribution in [2.45, 2.75) is 6.10 Å². The Bertz CT molecular complexity index is 418. The van der Waals surface area contributed by atoms with E-state index in [1.807, 2.05) is 6.08 Å². The number of hydrogen-bond acceptors (Lipinski definition) is 4. The van der Waals surface area contributed by atoms with Gasteiger partial charge in [-0.25, -0.2) is 0 Å². The minimum absolute atomic E-state index is 0.355. The standard InChI is InChI=1S/C12H17N3O3/c1-16-11-8-10(15-3-5-18-6-4-15)12(17-2)7-9(11)14-13/h7-8,11H,3-6H2,1-2H3. The van der Waals surface area contributed by atoms with Crippen molar-refractivity contribution >= 4 is 5.71 Å². The lowest BCUT2D eigenvalue weighted by Crippen LogP contribution is -2.39. The zero-order valence-electron chi connectivity index (χ0n) is 10.6. The molecule has 0 saturated carbocycles. The fourth-order valence-corrected chi connectivity index (χ4v) is 2.10. The summed E-state index contributed by atoms with van der Waals surface area (Å²) in [6, 6.07) is 0. The third kappa shape index (κ3) is 2.46. The zero-order valence-corrected chi connectivity index (χ0v) is 10.6. The highest BCUT2D eigenvalue weighted by Gasteiger charge is 2.30. The van der Waals surface area contributed by atoms with Crippen LogP contribution < -0.4 is 0 Å². The van der Waals surface area contributed by atoms with Crippen LogP contribution in [0.2, 0.25) is 0 Å². The first kappa shape index (κ1) is 12.8. The molecule has 98 valence electrons. The van der Waals surface area contributed by atoms with Crippen molar-refractivity contribution in [3.8, 4) is 0 Å². The second-order valence-corrected chi connectivity index (χ2v) is 4.05. The molecule has 0 radical (unpaired) electrons. The van der Waals surface area contributed by atoms with Crippen LogP contribution in [0.15, 0.2) is 23.6 Å². The largest absolute Gasteiger partial charge is 0.494 e. The smallest absolute Gasteiger partial charge is 0.328 e. The molecule has 18 heavy (non-hydrogen) atoms. The summed E-state index contributed by atoms with van der Waals surface area (Å²) in [5.74, 6) is 0.679. The molecule has 6 heteroatoms. The molecule has 0 bridgehead atoms. The Morgan fingerprint density at radius 2 is 2.11 bits per heavy atom. The molecule has 0 N–H and O–H groups in total. The highest BCUT2D eigenvalue weighted by molar-refractivity contribution is 5.97. The number of nitrogens with zero attached hydrogens (tertiary/aromatic N) is 3. The lowest BCUT2D eigenvalue weighted by molar-refractivity contribution is -0.0195. The van der Waals surface area contributed by atoms with Gasteiger partial charge in [0.25, 0.3) is 0 Å². The van der Waals surface area contributed by atoms with Crippen molar-refractivity contribution in [2.75, 3.05) is 40.5 Å². The van der Waals surface area contributed by atoms with E-state index in [0.29, 0.717) is 24.7 Å². The van der Waals surface area contributed by atoms with Crippen LogP contribution in [0.1, 0.15) is 0 Å². The van der Waals surface area contributed by atoms with E-state index in [9.17, 15) is 0 Å². The van der Waals surface area contributed by atoms with Crippen LogP contribution in [0.3, 0.4) is 0 Å². The number of morpholine rings is 1. The van der Waals surface area contributed by atoms with E-state index in [-0.39, 0.29) is 6.10 Å². The van der Waals surface area contributed by atoms with Gasteiger partial charge >= 0.3 is 5.71 Å². The molecule has 1 unspecified atom stereocenters. The molecule has 0 aromatic heterocycles. The van der Waals surface area contributed by atoms with Crippen LogP contribution in [0.5, 0.6) is 0 Å². The van der Waals surface area contributed by atoms with E-state index in [2.05, 4.69) is 9.69 Å². The van der Waals surface area contributed by atoms with Gasteiger partial charge in [0.1, 0.15) is 5.76 Å². The van der Waals surface area contributed by atoms with Gasteiger partial charge < -0.3 is 24.6 Å². The molecular weight excluding hydrogens is 234 g/mol. The van der Waals surface area contributed by atoms with Crippen molar-refractivity contribution in [1.29, 1.82) is 0 Å². The molecule has 6 nitrogen and oxygen atoms in total. The van der Waals surface area contributed by atoms with Gasteiger partial charge in [-0.3, -0.25) is 0 Å². The molecule has 1 aliphatic carbocycles. The summed E-state index contributed by atoms with van der Waals surface area (Å²) in [6.07, 6.45) is 3.24. The van der Waals surface area contributed by atoms with Crippen molar-refractivity contribution < 1.29 is 19.0 Å². The minimum atomic E-state index is -0.355. The summed E-state index contributed by atoms with van der Waals surface area (Å²) in [5.41, 5.74) is 10.3. The zero-order chi connectivity index (χ0) is 13.0. The molecule has 2 aliphatic rings. The third-order valence-electron chi connectivity index (χ3n) is 3.07. The maximum absolute atomic E-state index is 8.95. The van der Waals surface area contributed by atoms with Crippen molar-refractivity contribution in [3.05, 3.63) is 29.1 Å². The van der Waals surface area contributed by atoms with Gasteiger partial charge in [0, 0.05) is 20.2 Å². The Morgan fingerprint density at radius 1 is 1.39 bits per heavy atom. The molecule has 1 atom stereocenters. The predicted octanol–water partition coefficient (Wildman–Crippen LogP) is 0.432. The molecule has 0 aromatic carbocycles. The number of ether oxygens (including phenoxy) is 3. The Kier molecular flexibility index (Phi) is 4.15. The van der Waals surface area contributed by atoms with E-state index in [1.165, 1.54) is 0 Å². The highest BCUT2D eigenvalue weighted by Crippen LogP contribution is 2.23. The summed E-state index contributed by atoms with van der Waals surface area (Å²) >= 11 is 0. The molecule has 2 rings (SSSR count). The lowest BCUT2D eigenvalue weighted by Gasteiger charge is -2.33. The highest BCUT2D eigenvalue weighted by atomic mass is 16.5.